The van der Waals surface area contributed by atoms with Gasteiger partial charge in [0.15, 0.2) is 5.69 Å². The molecule has 0 aliphatic carbocycles. The van der Waals surface area contributed by atoms with E-state index in [4.69, 9.17) is 0 Å². The first kappa shape index (κ1) is 23.1. The third-order valence-corrected chi connectivity index (χ3v) is 5.27. The van der Waals surface area contributed by atoms with Crippen LogP contribution in [0.5, 0.6) is 0 Å². The molecule has 0 saturated heterocycles. The highest BCUT2D eigenvalue weighted by atomic mass is 19.4. The van der Waals surface area contributed by atoms with E-state index in [1.54, 1.807) is 26.8 Å². The van der Waals surface area contributed by atoms with Crippen molar-refractivity contribution in [3.05, 3.63) is 88.3 Å². The highest BCUT2D eigenvalue weighted by molar-refractivity contribution is 5.93. The van der Waals surface area contributed by atoms with Gasteiger partial charge in [0.05, 0.1) is 28.3 Å². The molecule has 7 nitrogen and oxygen atoms in total. The van der Waals surface area contributed by atoms with E-state index in [0.29, 0.717) is 22.8 Å². The normalized spacial score (nSPS) is 11.6. The number of halogens is 4. The van der Waals surface area contributed by atoms with E-state index in [-0.39, 0.29) is 23.5 Å². The number of amides is 1. The molecule has 0 aliphatic heterocycles. The lowest BCUT2D eigenvalue weighted by atomic mass is 10.1. The summed E-state index contributed by atoms with van der Waals surface area (Å²) in [5.74, 6) is -1.11. The minimum Gasteiger partial charge on any atom is -0.346 e. The van der Waals surface area contributed by atoms with Crippen LogP contribution < -0.4 is 5.32 Å². The minimum atomic E-state index is -4.63. The first-order valence-corrected chi connectivity index (χ1v) is 10.2. The molecule has 4 aromatic rings. The molecule has 0 unspecified atom stereocenters. The van der Waals surface area contributed by atoms with Crippen molar-refractivity contribution in [3.8, 4) is 11.4 Å². The van der Waals surface area contributed by atoms with Crippen molar-refractivity contribution in [3.63, 3.8) is 0 Å². The van der Waals surface area contributed by atoms with E-state index < -0.39 is 23.5 Å². The molecule has 0 fully saturated rings. The fourth-order valence-corrected chi connectivity index (χ4v) is 3.63. The van der Waals surface area contributed by atoms with Crippen LogP contribution in [0.1, 0.15) is 38.7 Å². The van der Waals surface area contributed by atoms with E-state index in [1.165, 1.54) is 45.8 Å². The Morgan fingerprint density at radius 2 is 1.65 bits per heavy atom. The molecule has 1 amide bonds. The van der Waals surface area contributed by atoms with Gasteiger partial charge < -0.3 is 5.32 Å². The summed E-state index contributed by atoms with van der Waals surface area (Å²) < 4.78 is 57.3. The Bertz CT molecular complexity index is 1360. The molecule has 0 atom stereocenters. The van der Waals surface area contributed by atoms with Crippen molar-refractivity contribution in [1.29, 1.82) is 0 Å². The average molecular weight is 472 g/mol. The number of hydrogen-bond donors (Lipinski definition) is 1. The van der Waals surface area contributed by atoms with Gasteiger partial charge in [-0.15, -0.1) is 5.10 Å². The Morgan fingerprint density at radius 1 is 0.971 bits per heavy atom. The molecule has 11 heteroatoms. The smallest absolute Gasteiger partial charge is 0.346 e. The van der Waals surface area contributed by atoms with Gasteiger partial charge >= 0.3 is 6.18 Å². The number of rotatable bonds is 5. The van der Waals surface area contributed by atoms with Crippen molar-refractivity contribution >= 4 is 5.91 Å². The zero-order chi connectivity index (χ0) is 24.6. The second-order valence-electron chi connectivity index (χ2n) is 7.77. The molecule has 0 bridgehead atoms. The summed E-state index contributed by atoms with van der Waals surface area (Å²) in [5, 5.41) is 14.4. The predicted molar refractivity (Wildman–Crippen MR) is 115 cm³/mol. The predicted octanol–water partition coefficient (Wildman–Crippen LogP) is 4.47. The lowest BCUT2D eigenvalue weighted by Gasteiger charge is -2.15. The molecular weight excluding hydrogens is 452 g/mol. The van der Waals surface area contributed by atoms with Gasteiger partial charge in [-0.2, -0.15) is 18.3 Å². The van der Waals surface area contributed by atoms with Crippen molar-refractivity contribution < 1.29 is 22.4 Å². The Labute approximate surface area is 192 Å². The summed E-state index contributed by atoms with van der Waals surface area (Å²) in [5.41, 5.74) is 1.49. The number of benzene rings is 2. The second-order valence-corrected chi connectivity index (χ2v) is 7.77. The van der Waals surface area contributed by atoms with Crippen LogP contribution in [-0.2, 0) is 12.7 Å². The summed E-state index contributed by atoms with van der Waals surface area (Å²) in [6.07, 6.45) is -4.63. The van der Waals surface area contributed by atoms with Gasteiger partial charge in [-0.3, -0.25) is 4.79 Å². The number of carbonyl (C=O) groups is 1. The van der Waals surface area contributed by atoms with Crippen LogP contribution in [0.25, 0.3) is 11.4 Å². The van der Waals surface area contributed by atoms with Crippen LogP contribution in [0.2, 0.25) is 0 Å². The van der Waals surface area contributed by atoms with Crippen molar-refractivity contribution in [2.24, 2.45) is 0 Å². The highest BCUT2D eigenvalue weighted by Crippen LogP contribution is 2.33. The summed E-state index contributed by atoms with van der Waals surface area (Å²) >= 11 is 0. The maximum atomic E-state index is 13.8. The van der Waals surface area contributed by atoms with Crippen molar-refractivity contribution in [2.45, 2.75) is 33.5 Å². The van der Waals surface area contributed by atoms with Crippen molar-refractivity contribution in [2.75, 3.05) is 0 Å². The maximum absolute atomic E-state index is 13.8. The summed E-state index contributed by atoms with van der Waals surface area (Å²) in [7, 11) is 0. The number of nitrogens with one attached hydrogen (secondary N) is 1. The molecule has 0 spiro atoms. The monoisotopic (exact) mass is 472 g/mol. The largest absolute Gasteiger partial charge is 0.416 e. The first-order valence-electron chi connectivity index (χ1n) is 10.2. The quantitative estimate of drug-likeness (QED) is 0.435. The zero-order valence-electron chi connectivity index (χ0n) is 18.5. The second kappa shape index (κ2) is 8.73. The summed E-state index contributed by atoms with van der Waals surface area (Å²) in [6, 6.07) is 11.0. The molecule has 2 heterocycles. The average Bonchev–Trinajstić information content (AvgIpc) is 3.33. The number of alkyl halides is 3. The molecule has 34 heavy (non-hydrogen) atoms. The fourth-order valence-electron chi connectivity index (χ4n) is 3.63. The van der Waals surface area contributed by atoms with Crippen LogP contribution in [0.4, 0.5) is 17.6 Å². The van der Waals surface area contributed by atoms with E-state index in [1.807, 2.05) is 0 Å². The maximum Gasteiger partial charge on any atom is 0.416 e. The van der Waals surface area contributed by atoms with Crippen LogP contribution in [0.3, 0.4) is 0 Å². The third kappa shape index (κ3) is 4.54. The first-order chi connectivity index (χ1) is 16.0. The fraction of sp³-hybridized carbons (Fsp3) is 0.217. The Balaban J connectivity index is 1.57. The van der Waals surface area contributed by atoms with Crippen LogP contribution in [-0.4, -0.2) is 30.7 Å². The van der Waals surface area contributed by atoms with E-state index in [2.05, 4.69) is 20.7 Å². The minimum absolute atomic E-state index is 0.0443. The highest BCUT2D eigenvalue weighted by Gasteiger charge is 2.34. The Kier molecular flexibility index (Phi) is 5.94. The lowest BCUT2D eigenvalue weighted by Crippen LogP contribution is -2.25. The SMILES string of the molecule is Cc1cc(C)n(-c2ccc(CNC(=O)c3nnn(-c4ccc(F)cc4)c3C)c(C(F)(F)F)c2)n1. The molecule has 0 aliphatic rings. The molecule has 1 N–H and O–H groups in total. The third-order valence-electron chi connectivity index (χ3n) is 5.27. The van der Waals surface area contributed by atoms with Crippen LogP contribution in [0, 0.1) is 26.6 Å². The van der Waals surface area contributed by atoms with E-state index in [9.17, 15) is 22.4 Å². The van der Waals surface area contributed by atoms with Gasteiger partial charge in [0, 0.05) is 12.2 Å². The van der Waals surface area contributed by atoms with Crippen LogP contribution >= 0.6 is 0 Å². The van der Waals surface area contributed by atoms with E-state index >= 15 is 0 Å². The number of hydrogen-bond acceptors (Lipinski definition) is 4. The van der Waals surface area contributed by atoms with Gasteiger partial charge in [0.1, 0.15) is 5.82 Å². The zero-order valence-corrected chi connectivity index (χ0v) is 18.5. The van der Waals surface area contributed by atoms with Gasteiger partial charge in [-0.25, -0.2) is 13.8 Å². The molecule has 4 rings (SSSR count). The molecule has 0 saturated carbocycles. The summed E-state index contributed by atoms with van der Waals surface area (Å²) in [4.78, 5) is 12.7. The topological polar surface area (TPSA) is 77.6 Å². The number of aryl methyl sites for hydroxylation is 2. The molecule has 176 valence electrons. The molecule has 0 radical (unpaired) electrons. The number of nitrogens with zero attached hydrogens (tertiary/aromatic N) is 5. The Hall–Kier alpha value is -4.02. The molecular formula is C23H20F4N6O. The van der Waals surface area contributed by atoms with E-state index in [0.717, 1.165) is 6.07 Å². The number of aromatic nitrogens is 5. The van der Waals surface area contributed by atoms with Gasteiger partial charge in [0.25, 0.3) is 5.91 Å². The standard InChI is InChI=1S/C23H20F4N6O/c1-13-10-14(2)32(30-13)19-7-4-16(20(11-19)23(25,26)27)12-28-22(34)21-15(3)33(31-29-21)18-8-5-17(24)6-9-18/h4-11H,12H2,1-3H3,(H,28,34). The summed E-state index contributed by atoms with van der Waals surface area (Å²) in [6.45, 7) is 4.73. The lowest BCUT2D eigenvalue weighted by molar-refractivity contribution is -0.138. The molecule has 2 aromatic carbocycles. The van der Waals surface area contributed by atoms with Gasteiger partial charge in [-0.05, 0) is 68.8 Å². The number of carbonyl (C=O) groups excluding carboxylic acids is 1. The van der Waals surface area contributed by atoms with Gasteiger partial charge in [-0.1, -0.05) is 11.3 Å². The Morgan fingerprint density at radius 3 is 2.26 bits per heavy atom. The van der Waals surface area contributed by atoms with Gasteiger partial charge in [0.2, 0.25) is 0 Å². The molecule has 2 aromatic heterocycles. The van der Waals surface area contributed by atoms with Crippen molar-refractivity contribution in [1.82, 2.24) is 30.1 Å². The van der Waals surface area contributed by atoms with Crippen LogP contribution in [0.15, 0.2) is 48.5 Å².